The first kappa shape index (κ1) is 17.3. The highest BCUT2D eigenvalue weighted by Gasteiger charge is 2.27. The van der Waals surface area contributed by atoms with Crippen molar-refractivity contribution < 1.29 is 4.79 Å². The molecule has 0 aliphatic carbocycles. The van der Waals surface area contributed by atoms with Crippen LogP contribution in [0.5, 0.6) is 0 Å². The molecule has 122 valence electrons. The molecule has 0 bridgehead atoms. The molecule has 1 unspecified atom stereocenters. The lowest BCUT2D eigenvalue weighted by Gasteiger charge is -2.31. The van der Waals surface area contributed by atoms with E-state index in [1.165, 1.54) is 0 Å². The minimum absolute atomic E-state index is 0.160. The Balaban J connectivity index is 1.91. The van der Waals surface area contributed by atoms with Crippen LogP contribution in [-0.4, -0.2) is 23.3 Å². The zero-order valence-corrected chi connectivity index (χ0v) is 14.2. The van der Waals surface area contributed by atoms with Gasteiger partial charge in [-0.05, 0) is 48.8 Å². The fourth-order valence-electron chi connectivity index (χ4n) is 2.47. The summed E-state index contributed by atoms with van der Waals surface area (Å²) in [6.45, 7) is 2.61. The number of urea groups is 1. The third-order valence-electron chi connectivity index (χ3n) is 3.86. The first-order valence-electron chi connectivity index (χ1n) is 7.75. The minimum Gasteiger partial charge on any atom is -0.338 e. The zero-order chi connectivity index (χ0) is 16.5. The van der Waals surface area contributed by atoms with Crippen molar-refractivity contribution in [2.75, 3.05) is 12.3 Å². The van der Waals surface area contributed by atoms with E-state index in [1.54, 1.807) is 12.4 Å². The highest BCUT2D eigenvalue weighted by Crippen LogP contribution is 2.24. The van der Waals surface area contributed by atoms with Gasteiger partial charge in [0.05, 0.1) is 5.54 Å². The minimum atomic E-state index is -0.427. The van der Waals surface area contributed by atoms with Crippen LogP contribution in [-0.2, 0) is 12.0 Å². The smallest absolute Gasteiger partial charge is 0.315 e. The Kier molecular flexibility index (Phi) is 6.47. The number of rotatable bonds is 7. The number of carbonyl (C=O) groups excluding carboxylic acids is 1. The van der Waals surface area contributed by atoms with E-state index < -0.39 is 5.54 Å². The second-order valence-electron chi connectivity index (χ2n) is 5.66. The molecule has 0 saturated carbocycles. The van der Waals surface area contributed by atoms with E-state index in [1.807, 2.05) is 49.4 Å². The molecule has 1 heterocycles. The van der Waals surface area contributed by atoms with Crippen LogP contribution >= 0.6 is 12.6 Å². The van der Waals surface area contributed by atoms with Crippen molar-refractivity contribution in [3.05, 3.63) is 66.0 Å². The predicted octanol–water partition coefficient (Wildman–Crippen LogP) is 3.16. The van der Waals surface area contributed by atoms with Gasteiger partial charge in [-0.3, -0.25) is 4.98 Å². The third kappa shape index (κ3) is 5.28. The Hall–Kier alpha value is -2.01. The molecular weight excluding hydrogens is 306 g/mol. The lowest BCUT2D eigenvalue weighted by Crippen LogP contribution is -2.48. The molecule has 1 aromatic heterocycles. The number of benzene rings is 1. The molecule has 5 heteroatoms. The van der Waals surface area contributed by atoms with Gasteiger partial charge in [0.15, 0.2) is 0 Å². The molecular formula is C18H23N3OS. The SMILES string of the molecule is CC(CCS)(NC(=O)NCCc1ccncc1)c1ccccc1. The highest BCUT2D eigenvalue weighted by atomic mass is 32.1. The van der Waals surface area contributed by atoms with Crippen molar-refractivity contribution in [2.45, 2.75) is 25.3 Å². The molecule has 1 atom stereocenters. The summed E-state index contributed by atoms with van der Waals surface area (Å²) in [6, 6.07) is 13.7. The monoisotopic (exact) mass is 329 g/mol. The summed E-state index contributed by atoms with van der Waals surface area (Å²) in [4.78, 5) is 16.2. The summed E-state index contributed by atoms with van der Waals surface area (Å²) >= 11 is 4.33. The topological polar surface area (TPSA) is 54.0 Å². The summed E-state index contributed by atoms with van der Waals surface area (Å²) in [7, 11) is 0. The Morgan fingerprint density at radius 3 is 2.52 bits per heavy atom. The van der Waals surface area contributed by atoms with Crippen LogP contribution in [0.2, 0.25) is 0 Å². The largest absolute Gasteiger partial charge is 0.338 e. The van der Waals surface area contributed by atoms with E-state index in [0.29, 0.717) is 12.3 Å². The summed E-state index contributed by atoms with van der Waals surface area (Å²) in [6.07, 6.45) is 5.06. The van der Waals surface area contributed by atoms with Crippen molar-refractivity contribution in [2.24, 2.45) is 0 Å². The van der Waals surface area contributed by atoms with E-state index in [2.05, 4.69) is 28.2 Å². The van der Waals surface area contributed by atoms with E-state index in [0.717, 1.165) is 24.0 Å². The normalized spacial score (nSPS) is 13.1. The van der Waals surface area contributed by atoms with Crippen LogP contribution in [0.1, 0.15) is 24.5 Å². The summed E-state index contributed by atoms with van der Waals surface area (Å²) < 4.78 is 0. The van der Waals surface area contributed by atoms with Gasteiger partial charge in [-0.1, -0.05) is 30.3 Å². The first-order valence-corrected chi connectivity index (χ1v) is 8.38. The van der Waals surface area contributed by atoms with Crippen LogP contribution in [0.25, 0.3) is 0 Å². The Bertz CT molecular complexity index is 606. The van der Waals surface area contributed by atoms with E-state index in [9.17, 15) is 4.79 Å². The molecule has 0 spiro atoms. The number of aromatic nitrogens is 1. The van der Waals surface area contributed by atoms with E-state index in [4.69, 9.17) is 0 Å². The quantitative estimate of drug-likeness (QED) is 0.684. The molecule has 23 heavy (non-hydrogen) atoms. The van der Waals surface area contributed by atoms with E-state index in [-0.39, 0.29) is 6.03 Å². The molecule has 2 amide bonds. The van der Waals surface area contributed by atoms with Gasteiger partial charge in [-0.15, -0.1) is 0 Å². The van der Waals surface area contributed by atoms with Crippen LogP contribution in [0.4, 0.5) is 4.79 Å². The van der Waals surface area contributed by atoms with Crippen molar-refractivity contribution >= 4 is 18.7 Å². The maximum atomic E-state index is 12.2. The van der Waals surface area contributed by atoms with Gasteiger partial charge in [-0.2, -0.15) is 12.6 Å². The molecule has 4 nitrogen and oxygen atoms in total. The lowest BCUT2D eigenvalue weighted by molar-refractivity contribution is 0.226. The lowest BCUT2D eigenvalue weighted by atomic mass is 9.89. The van der Waals surface area contributed by atoms with Crippen LogP contribution in [0.15, 0.2) is 54.9 Å². The van der Waals surface area contributed by atoms with Crippen molar-refractivity contribution in [3.63, 3.8) is 0 Å². The average molecular weight is 329 g/mol. The number of hydrogen-bond donors (Lipinski definition) is 3. The number of pyridine rings is 1. The van der Waals surface area contributed by atoms with Gasteiger partial charge in [0.1, 0.15) is 0 Å². The molecule has 2 N–H and O–H groups in total. The van der Waals surface area contributed by atoms with Crippen molar-refractivity contribution in [1.82, 2.24) is 15.6 Å². The van der Waals surface area contributed by atoms with Crippen LogP contribution < -0.4 is 10.6 Å². The number of amides is 2. The average Bonchev–Trinajstić information content (AvgIpc) is 2.57. The maximum Gasteiger partial charge on any atom is 0.315 e. The second kappa shape index (κ2) is 8.58. The first-order chi connectivity index (χ1) is 11.1. The fourth-order valence-corrected chi connectivity index (χ4v) is 2.92. The van der Waals surface area contributed by atoms with Crippen LogP contribution in [0, 0.1) is 0 Å². The van der Waals surface area contributed by atoms with Crippen molar-refractivity contribution in [3.8, 4) is 0 Å². The molecule has 1 aromatic carbocycles. The second-order valence-corrected chi connectivity index (χ2v) is 6.11. The standard InChI is InChI=1S/C18H23N3OS/c1-18(10-14-23,16-5-3-2-4-6-16)21-17(22)20-13-9-15-7-11-19-12-8-15/h2-8,11-12,23H,9-10,13-14H2,1H3,(H2,20,21,22). The summed E-state index contributed by atoms with van der Waals surface area (Å²) in [5.74, 6) is 0.697. The molecule has 0 fully saturated rings. The van der Waals surface area contributed by atoms with Crippen LogP contribution in [0.3, 0.4) is 0 Å². The fraction of sp³-hybridized carbons (Fsp3) is 0.333. The number of nitrogens with zero attached hydrogens (tertiary/aromatic N) is 1. The molecule has 2 aromatic rings. The predicted molar refractivity (Wildman–Crippen MR) is 96.7 cm³/mol. The molecule has 0 aliphatic heterocycles. The van der Waals surface area contributed by atoms with Gasteiger partial charge in [0, 0.05) is 18.9 Å². The van der Waals surface area contributed by atoms with Gasteiger partial charge >= 0.3 is 6.03 Å². The Morgan fingerprint density at radius 1 is 1.17 bits per heavy atom. The summed E-state index contributed by atoms with van der Waals surface area (Å²) in [5.41, 5.74) is 1.81. The van der Waals surface area contributed by atoms with Gasteiger partial charge in [-0.25, -0.2) is 4.79 Å². The molecule has 0 radical (unpaired) electrons. The number of nitrogens with one attached hydrogen (secondary N) is 2. The Labute approximate surface area is 143 Å². The van der Waals surface area contributed by atoms with Gasteiger partial charge in [0.25, 0.3) is 0 Å². The zero-order valence-electron chi connectivity index (χ0n) is 13.3. The number of carbonyl (C=O) groups is 1. The Morgan fingerprint density at radius 2 is 1.87 bits per heavy atom. The van der Waals surface area contributed by atoms with Crippen molar-refractivity contribution in [1.29, 1.82) is 0 Å². The highest BCUT2D eigenvalue weighted by molar-refractivity contribution is 7.80. The molecule has 0 saturated heterocycles. The van der Waals surface area contributed by atoms with Gasteiger partial charge < -0.3 is 10.6 Å². The maximum absolute atomic E-state index is 12.2. The van der Waals surface area contributed by atoms with E-state index >= 15 is 0 Å². The number of thiol groups is 1. The third-order valence-corrected chi connectivity index (χ3v) is 4.08. The molecule has 0 aliphatic rings. The summed E-state index contributed by atoms with van der Waals surface area (Å²) in [5, 5.41) is 6.01. The molecule has 2 rings (SSSR count). The number of hydrogen-bond acceptors (Lipinski definition) is 3. The van der Waals surface area contributed by atoms with Gasteiger partial charge in [0.2, 0.25) is 0 Å².